The van der Waals surface area contributed by atoms with E-state index < -0.39 is 12.1 Å². The molecule has 0 N–H and O–H groups in total. The average Bonchev–Trinajstić information content (AvgIpc) is 1.87. The smallest absolute Gasteiger partial charge is 0.330 e. The summed E-state index contributed by atoms with van der Waals surface area (Å²) < 4.78 is 4.55. The van der Waals surface area contributed by atoms with Crippen LogP contribution in [0.1, 0.15) is 28.7 Å². The summed E-state index contributed by atoms with van der Waals surface area (Å²) in [5, 5.41) is 0. The maximum absolute atomic E-state index is 10.5. The van der Waals surface area contributed by atoms with Gasteiger partial charge in [0.15, 0.2) is 11.9 Å². The molecule has 72 valence electrons. The van der Waals surface area contributed by atoms with E-state index in [1.807, 2.05) is 0 Å². The fraction of sp³-hybridized carbons (Fsp3) is 0.556. The summed E-state index contributed by atoms with van der Waals surface area (Å²) in [6.45, 7) is 6.07. The van der Waals surface area contributed by atoms with E-state index >= 15 is 0 Å². The van der Waals surface area contributed by atoms with Crippen molar-refractivity contribution >= 4 is 11.8 Å². The van der Waals surface area contributed by atoms with Crippen molar-refractivity contribution in [3.05, 3.63) is 12.7 Å². The molecule has 0 aromatic carbocycles. The van der Waals surface area contributed by atoms with Crippen LogP contribution in [0.2, 0.25) is 0 Å². The van der Waals surface area contributed by atoms with E-state index in [2.05, 4.69) is 11.3 Å². The lowest BCUT2D eigenvalue weighted by Gasteiger charge is -2.06. The van der Waals surface area contributed by atoms with Gasteiger partial charge in [0.1, 0.15) is 0 Å². The molecule has 1 atom stereocenters. The summed E-state index contributed by atoms with van der Waals surface area (Å²) in [4.78, 5) is 20.9. The van der Waals surface area contributed by atoms with Crippen molar-refractivity contribution in [2.45, 2.75) is 34.8 Å². The Labute approximate surface area is 74.4 Å². The van der Waals surface area contributed by atoms with Gasteiger partial charge in [-0.1, -0.05) is 21.4 Å². The largest absolute Gasteiger partial charge is 0.452 e. The van der Waals surface area contributed by atoms with Crippen molar-refractivity contribution in [1.82, 2.24) is 0 Å². The molecule has 0 radical (unpaired) electrons. The minimum Gasteiger partial charge on any atom is -0.452 e. The topological polar surface area (TPSA) is 43.4 Å². The molecule has 0 heterocycles. The van der Waals surface area contributed by atoms with Gasteiger partial charge in [-0.05, 0) is 13.8 Å². The standard InChI is InChI=1S/C7H10O3.2CH4/c1-4-7(9)10-6(3)5(2)8;;/h4,6H,1H2,2-3H3;2*1H4. The highest BCUT2D eigenvalue weighted by Gasteiger charge is 2.09. The quantitative estimate of drug-likeness (QED) is 0.485. The molecule has 0 amide bonds. The monoisotopic (exact) mass is 174 g/mol. The van der Waals surface area contributed by atoms with E-state index in [-0.39, 0.29) is 20.6 Å². The second kappa shape index (κ2) is 7.98. The van der Waals surface area contributed by atoms with Gasteiger partial charge in [0.25, 0.3) is 0 Å². The Balaban J connectivity index is -0.000000405. The first kappa shape index (κ1) is 17.1. The van der Waals surface area contributed by atoms with Crippen molar-refractivity contribution in [2.24, 2.45) is 0 Å². The minimum atomic E-state index is -0.662. The Morgan fingerprint density at radius 1 is 1.42 bits per heavy atom. The molecule has 0 saturated heterocycles. The first-order chi connectivity index (χ1) is 4.57. The lowest BCUT2D eigenvalue weighted by atomic mass is 10.3. The number of ketones is 1. The van der Waals surface area contributed by atoms with Gasteiger partial charge in [-0.3, -0.25) is 4.79 Å². The van der Waals surface area contributed by atoms with Crippen LogP contribution in [0.3, 0.4) is 0 Å². The van der Waals surface area contributed by atoms with Gasteiger partial charge in [-0.2, -0.15) is 0 Å². The Kier molecular flexibility index (Phi) is 11.4. The highest BCUT2D eigenvalue weighted by molar-refractivity contribution is 5.86. The fourth-order valence-corrected chi connectivity index (χ4v) is 0.305. The van der Waals surface area contributed by atoms with Crippen LogP contribution in [0.15, 0.2) is 12.7 Å². The van der Waals surface area contributed by atoms with Gasteiger partial charge in [0.2, 0.25) is 0 Å². The number of Topliss-reactive ketones (excluding diaryl/α,β-unsaturated/α-hetero) is 1. The number of carbonyl (C=O) groups excluding carboxylic acids is 2. The van der Waals surface area contributed by atoms with Gasteiger partial charge < -0.3 is 4.74 Å². The van der Waals surface area contributed by atoms with Gasteiger partial charge in [-0.25, -0.2) is 4.79 Å². The second-order valence-corrected chi connectivity index (χ2v) is 1.89. The molecular formula is C9H18O3. The van der Waals surface area contributed by atoms with Crippen LogP contribution in [0.25, 0.3) is 0 Å². The molecule has 1 unspecified atom stereocenters. The Bertz CT molecular complexity index is 161. The van der Waals surface area contributed by atoms with Crippen molar-refractivity contribution in [1.29, 1.82) is 0 Å². The number of ether oxygens (including phenoxy) is 1. The van der Waals surface area contributed by atoms with E-state index in [9.17, 15) is 9.59 Å². The second-order valence-electron chi connectivity index (χ2n) is 1.89. The molecule has 0 saturated carbocycles. The van der Waals surface area contributed by atoms with E-state index in [0.29, 0.717) is 0 Å². The summed E-state index contributed by atoms with van der Waals surface area (Å²) in [5.41, 5.74) is 0. The van der Waals surface area contributed by atoms with E-state index in [1.54, 1.807) is 0 Å². The summed E-state index contributed by atoms with van der Waals surface area (Å²) in [7, 11) is 0. The molecule has 0 fully saturated rings. The van der Waals surface area contributed by atoms with E-state index in [0.717, 1.165) is 6.08 Å². The molecule has 3 heteroatoms. The number of esters is 1. The third-order valence-corrected chi connectivity index (χ3v) is 1.03. The normalized spacial score (nSPS) is 9.83. The molecular weight excluding hydrogens is 156 g/mol. The average molecular weight is 174 g/mol. The van der Waals surface area contributed by atoms with Gasteiger partial charge in [0.05, 0.1) is 0 Å². The summed E-state index contributed by atoms with van der Waals surface area (Å²) in [5.74, 6) is -0.738. The molecule has 0 aromatic rings. The van der Waals surface area contributed by atoms with Crippen LogP contribution in [-0.2, 0) is 14.3 Å². The predicted molar refractivity (Wildman–Crippen MR) is 49.9 cm³/mol. The Hall–Kier alpha value is -1.12. The fourth-order valence-electron chi connectivity index (χ4n) is 0.305. The first-order valence-electron chi connectivity index (χ1n) is 2.91. The van der Waals surface area contributed by atoms with Crippen LogP contribution in [0.5, 0.6) is 0 Å². The Morgan fingerprint density at radius 3 is 2.08 bits per heavy atom. The zero-order chi connectivity index (χ0) is 8.15. The van der Waals surface area contributed by atoms with Crippen molar-refractivity contribution in [3.8, 4) is 0 Å². The van der Waals surface area contributed by atoms with Crippen LogP contribution in [0.4, 0.5) is 0 Å². The van der Waals surface area contributed by atoms with Crippen molar-refractivity contribution in [3.63, 3.8) is 0 Å². The Morgan fingerprint density at radius 2 is 1.83 bits per heavy atom. The third kappa shape index (κ3) is 6.99. The minimum absolute atomic E-state index is 0. The molecule has 0 aliphatic heterocycles. The van der Waals surface area contributed by atoms with Crippen molar-refractivity contribution in [2.75, 3.05) is 0 Å². The molecule has 0 rings (SSSR count). The molecule has 0 aliphatic rings. The number of hydrogen-bond acceptors (Lipinski definition) is 3. The maximum Gasteiger partial charge on any atom is 0.330 e. The SMILES string of the molecule is C.C.C=CC(=O)OC(C)C(C)=O. The summed E-state index contributed by atoms with van der Waals surface area (Å²) in [6.07, 6.45) is 0.366. The molecule has 0 spiro atoms. The summed E-state index contributed by atoms with van der Waals surface area (Å²) >= 11 is 0. The maximum atomic E-state index is 10.5. The van der Waals surface area contributed by atoms with Crippen LogP contribution >= 0.6 is 0 Å². The highest BCUT2D eigenvalue weighted by Crippen LogP contribution is 1.92. The van der Waals surface area contributed by atoms with Gasteiger partial charge >= 0.3 is 5.97 Å². The molecule has 3 nitrogen and oxygen atoms in total. The third-order valence-electron chi connectivity index (χ3n) is 1.03. The number of rotatable bonds is 3. The molecule has 0 aliphatic carbocycles. The number of carbonyl (C=O) groups is 2. The van der Waals surface area contributed by atoms with Gasteiger partial charge in [0, 0.05) is 6.08 Å². The van der Waals surface area contributed by atoms with Crippen LogP contribution < -0.4 is 0 Å². The van der Waals surface area contributed by atoms with E-state index in [1.165, 1.54) is 13.8 Å². The lowest BCUT2D eigenvalue weighted by Crippen LogP contribution is -2.20. The van der Waals surface area contributed by atoms with E-state index in [4.69, 9.17) is 0 Å². The molecule has 0 aromatic heterocycles. The zero-order valence-corrected chi connectivity index (χ0v) is 6.09. The first-order valence-corrected chi connectivity index (χ1v) is 2.91. The van der Waals surface area contributed by atoms with Crippen molar-refractivity contribution < 1.29 is 14.3 Å². The van der Waals surface area contributed by atoms with Gasteiger partial charge in [-0.15, -0.1) is 0 Å². The zero-order valence-electron chi connectivity index (χ0n) is 6.09. The predicted octanol–water partition coefficient (Wildman–Crippen LogP) is 1.97. The lowest BCUT2D eigenvalue weighted by molar-refractivity contribution is -0.148. The summed E-state index contributed by atoms with van der Waals surface area (Å²) in [6, 6.07) is 0. The molecule has 12 heavy (non-hydrogen) atoms. The number of hydrogen-bond donors (Lipinski definition) is 0. The molecule has 0 bridgehead atoms. The highest BCUT2D eigenvalue weighted by atomic mass is 16.5. The van der Waals surface area contributed by atoms with Crippen LogP contribution in [0, 0.1) is 0 Å². The van der Waals surface area contributed by atoms with Crippen LogP contribution in [-0.4, -0.2) is 17.9 Å².